The molecule has 3 rings (SSSR count). The summed E-state index contributed by atoms with van der Waals surface area (Å²) in [5.41, 5.74) is 0.945. The zero-order valence-electron chi connectivity index (χ0n) is 12.1. The topological polar surface area (TPSA) is 63.2 Å². The predicted octanol–water partition coefficient (Wildman–Crippen LogP) is 2.84. The van der Waals surface area contributed by atoms with Crippen molar-refractivity contribution in [3.05, 3.63) is 30.3 Å². The maximum Gasteiger partial charge on any atom is 0.229 e. The standard InChI is InChI=1S/C15H15N3O2S2/c1-10(19)21-9-11-7-13(20)18(8-11)15-16-14(17-22-15)12-5-3-2-4-6-12/h2-6,11H,7-9H2,1H3. The molecule has 7 heteroatoms. The van der Waals surface area contributed by atoms with E-state index in [-0.39, 0.29) is 16.9 Å². The molecule has 0 spiro atoms. The van der Waals surface area contributed by atoms with Gasteiger partial charge in [-0.25, -0.2) is 0 Å². The summed E-state index contributed by atoms with van der Waals surface area (Å²) in [6.07, 6.45) is 0.473. The van der Waals surface area contributed by atoms with Gasteiger partial charge >= 0.3 is 0 Å². The van der Waals surface area contributed by atoms with Gasteiger partial charge in [-0.3, -0.25) is 14.5 Å². The number of amides is 1. The molecule has 0 saturated carbocycles. The molecule has 1 fully saturated rings. The van der Waals surface area contributed by atoms with Gasteiger partial charge in [0.15, 0.2) is 10.9 Å². The number of thioether (sulfide) groups is 1. The molecule has 0 radical (unpaired) electrons. The van der Waals surface area contributed by atoms with Crippen LogP contribution in [0.3, 0.4) is 0 Å². The third kappa shape index (κ3) is 3.36. The molecule has 2 aromatic rings. The summed E-state index contributed by atoms with van der Waals surface area (Å²) in [4.78, 5) is 29.4. The summed E-state index contributed by atoms with van der Waals surface area (Å²) in [6.45, 7) is 2.17. The Hall–Kier alpha value is -1.73. The van der Waals surface area contributed by atoms with E-state index < -0.39 is 0 Å². The highest BCUT2D eigenvalue weighted by Crippen LogP contribution is 2.30. The van der Waals surface area contributed by atoms with Crippen LogP contribution in [0.4, 0.5) is 5.13 Å². The first kappa shape index (κ1) is 15.2. The number of nitrogens with zero attached hydrogens (tertiary/aromatic N) is 3. The van der Waals surface area contributed by atoms with Crippen LogP contribution in [0.2, 0.25) is 0 Å². The second-order valence-corrected chi connectivity index (χ2v) is 7.07. The Morgan fingerprint density at radius 2 is 2.18 bits per heavy atom. The molecule has 1 aromatic heterocycles. The van der Waals surface area contributed by atoms with E-state index in [1.165, 1.54) is 23.3 Å². The number of rotatable bonds is 4. The highest BCUT2D eigenvalue weighted by molar-refractivity contribution is 8.13. The average Bonchev–Trinajstić information content (AvgIpc) is 3.12. The molecule has 114 valence electrons. The van der Waals surface area contributed by atoms with Gasteiger partial charge in [0.25, 0.3) is 0 Å². The predicted molar refractivity (Wildman–Crippen MR) is 88.9 cm³/mol. The number of hydrogen-bond donors (Lipinski definition) is 0. The maximum absolute atomic E-state index is 12.1. The van der Waals surface area contributed by atoms with Gasteiger partial charge in [-0.15, -0.1) is 0 Å². The average molecular weight is 333 g/mol. The number of carbonyl (C=O) groups excluding carboxylic acids is 2. The van der Waals surface area contributed by atoms with Gasteiger partial charge in [-0.2, -0.15) is 9.36 Å². The van der Waals surface area contributed by atoms with E-state index >= 15 is 0 Å². The van der Waals surface area contributed by atoms with E-state index in [4.69, 9.17) is 0 Å². The summed E-state index contributed by atoms with van der Waals surface area (Å²) in [6, 6.07) is 9.71. The minimum Gasteiger partial charge on any atom is -0.288 e. The number of anilines is 1. The van der Waals surface area contributed by atoms with Crippen LogP contribution in [0.1, 0.15) is 13.3 Å². The Bertz CT molecular complexity index is 687. The molecule has 1 aliphatic heterocycles. The Morgan fingerprint density at radius 1 is 1.41 bits per heavy atom. The molecular formula is C15H15N3O2S2. The number of carbonyl (C=O) groups is 2. The number of aromatic nitrogens is 2. The largest absolute Gasteiger partial charge is 0.288 e. The Balaban J connectivity index is 1.71. The highest BCUT2D eigenvalue weighted by Gasteiger charge is 2.32. The third-order valence-electron chi connectivity index (χ3n) is 3.41. The molecule has 1 aliphatic rings. The van der Waals surface area contributed by atoms with E-state index in [0.29, 0.717) is 29.7 Å². The van der Waals surface area contributed by atoms with E-state index in [2.05, 4.69) is 9.36 Å². The maximum atomic E-state index is 12.1. The molecule has 1 amide bonds. The zero-order chi connectivity index (χ0) is 15.5. The summed E-state index contributed by atoms with van der Waals surface area (Å²) in [5, 5.41) is 0.729. The van der Waals surface area contributed by atoms with Crippen LogP contribution in [-0.4, -0.2) is 32.7 Å². The highest BCUT2D eigenvalue weighted by atomic mass is 32.2. The van der Waals surface area contributed by atoms with E-state index in [0.717, 1.165) is 5.56 Å². The fraction of sp³-hybridized carbons (Fsp3) is 0.333. The fourth-order valence-electron chi connectivity index (χ4n) is 2.34. The Morgan fingerprint density at radius 3 is 2.91 bits per heavy atom. The molecule has 2 heterocycles. The van der Waals surface area contributed by atoms with Crippen LogP contribution in [0.15, 0.2) is 30.3 Å². The van der Waals surface area contributed by atoms with Crippen molar-refractivity contribution >= 4 is 39.4 Å². The van der Waals surface area contributed by atoms with Crippen LogP contribution in [0.5, 0.6) is 0 Å². The molecule has 1 saturated heterocycles. The van der Waals surface area contributed by atoms with Crippen molar-refractivity contribution < 1.29 is 9.59 Å². The summed E-state index contributed by atoms with van der Waals surface area (Å²) >= 11 is 2.52. The summed E-state index contributed by atoms with van der Waals surface area (Å²) in [5.74, 6) is 1.59. The molecular weight excluding hydrogens is 318 g/mol. The summed E-state index contributed by atoms with van der Waals surface area (Å²) < 4.78 is 4.34. The SMILES string of the molecule is CC(=O)SCC1CC(=O)N(c2nc(-c3ccccc3)ns2)C1. The lowest BCUT2D eigenvalue weighted by atomic mass is 10.1. The van der Waals surface area contributed by atoms with Crippen LogP contribution >= 0.6 is 23.3 Å². The first-order valence-electron chi connectivity index (χ1n) is 6.96. The lowest BCUT2D eigenvalue weighted by Gasteiger charge is -2.11. The van der Waals surface area contributed by atoms with Crippen molar-refractivity contribution in [2.24, 2.45) is 5.92 Å². The number of benzene rings is 1. The molecule has 0 bridgehead atoms. The van der Waals surface area contributed by atoms with E-state index in [1.807, 2.05) is 30.3 Å². The first-order valence-corrected chi connectivity index (χ1v) is 8.72. The van der Waals surface area contributed by atoms with Crippen molar-refractivity contribution in [1.82, 2.24) is 9.36 Å². The van der Waals surface area contributed by atoms with Crippen molar-refractivity contribution in [3.63, 3.8) is 0 Å². The fourth-order valence-corrected chi connectivity index (χ4v) is 3.75. The number of hydrogen-bond acceptors (Lipinski definition) is 6. The van der Waals surface area contributed by atoms with Gasteiger partial charge < -0.3 is 0 Å². The van der Waals surface area contributed by atoms with Crippen LogP contribution < -0.4 is 4.90 Å². The van der Waals surface area contributed by atoms with Crippen molar-refractivity contribution in [2.75, 3.05) is 17.2 Å². The van der Waals surface area contributed by atoms with Crippen molar-refractivity contribution in [1.29, 1.82) is 0 Å². The van der Waals surface area contributed by atoms with Gasteiger partial charge in [0, 0.05) is 42.7 Å². The molecule has 22 heavy (non-hydrogen) atoms. The normalized spacial score (nSPS) is 18.0. The second-order valence-electron chi connectivity index (χ2n) is 5.14. The van der Waals surface area contributed by atoms with Gasteiger partial charge in [0.05, 0.1) is 0 Å². The van der Waals surface area contributed by atoms with Gasteiger partial charge in [-0.05, 0) is 5.92 Å². The smallest absolute Gasteiger partial charge is 0.229 e. The first-order chi connectivity index (χ1) is 10.6. The van der Waals surface area contributed by atoms with Crippen LogP contribution in [-0.2, 0) is 9.59 Å². The molecule has 1 unspecified atom stereocenters. The Kier molecular flexibility index (Phi) is 4.54. The van der Waals surface area contributed by atoms with Crippen LogP contribution in [0, 0.1) is 5.92 Å². The Labute approximate surface area is 136 Å². The molecule has 0 N–H and O–H groups in total. The minimum atomic E-state index is 0.0601. The van der Waals surface area contributed by atoms with Gasteiger partial charge in [0.2, 0.25) is 11.0 Å². The van der Waals surface area contributed by atoms with Gasteiger partial charge in [-0.1, -0.05) is 42.1 Å². The molecule has 1 atom stereocenters. The third-order valence-corrected chi connectivity index (χ3v) is 5.19. The second kappa shape index (κ2) is 6.58. The van der Waals surface area contributed by atoms with Crippen molar-refractivity contribution in [3.8, 4) is 11.4 Å². The summed E-state index contributed by atoms with van der Waals surface area (Å²) in [7, 11) is 0. The molecule has 0 aliphatic carbocycles. The van der Waals surface area contributed by atoms with Crippen molar-refractivity contribution in [2.45, 2.75) is 13.3 Å². The van der Waals surface area contributed by atoms with Crippen LogP contribution in [0.25, 0.3) is 11.4 Å². The molecule has 5 nitrogen and oxygen atoms in total. The lowest BCUT2D eigenvalue weighted by Crippen LogP contribution is -2.24. The zero-order valence-corrected chi connectivity index (χ0v) is 13.7. The van der Waals surface area contributed by atoms with Gasteiger partial charge in [0.1, 0.15) is 0 Å². The quantitative estimate of drug-likeness (QED) is 0.861. The monoisotopic (exact) mass is 333 g/mol. The molecule has 1 aromatic carbocycles. The van der Waals surface area contributed by atoms with E-state index in [9.17, 15) is 9.59 Å². The lowest BCUT2D eigenvalue weighted by molar-refractivity contribution is -0.117. The van der Waals surface area contributed by atoms with E-state index in [1.54, 1.807) is 11.8 Å². The minimum absolute atomic E-state index is 0.0601.